The number of carbonyl (C=O) groups is 2. The van der Waals surface area contributed by atoms with E-state index in [1.54, 1.807) is 0 Å². The molecule has 118 valence electrons. The smallest absolute Gasteiger partial charge is 0.289 e. The molecule has 3 rings (SSSR count). The Kier molecular flexibility index (Phi) is 4.88. The predicted molar refractivity (Wildman–Crippen MR) is 85.5 cm³/mol. The molecule has 2 unspecified atom stereocenters. The molecular formula is C18H24N2O2. The van der Waals surface area contributed by atoms with Gasteiger partial charge in [0.15, 0.2) is 0 Å². The van der Waals surface area contributed by atoms with Gasteiger partial charge in [0.2, 0.25) is 5.78 Å². The van der Waals surface area contributed by atoms with Gasteiger partial charge in [0.05, 0.1) is 12.1 Å². The fourth-order valence-corrected chi connectivity index (χ4v) is 3.54. The Morgan fingerprint density at radius 2 is 1.91 bits per heavy atom. The summed E-state index contributed by atoms with van der Waals surface area (Å²) in [4.78, 5) is 24.7. The lowest BCUT2D eigenvalue weighted by atomic mass is 9.87. The summed E-state index contributed by atoms with van der Waals surface area (Å²) in [5, 5.41) is 6.17. The molecule has 1 saturated heterocycles. The van der Waals surface area contributed by atoms with E-state index in [4.69, 9.17) is 0 Å². The van der Waals surface area contributed by atoms with Crippen molar-refractivity contribution in [1.29, 1.82) is 0 Å². The Morgan fingerprint density at radius 3 is 2.82 bits per heavy atom. The van der Waals surface area contributed by atoms with Crippen molar-refractivity contribution >= 4 is 11.7 Å². The number of rotatable bonds is 3. The monoisotopic (exact) mass is 300 g/mol. The molecule has 1 heterocycles. The van der Waals surface area contributed by atoms with Gasteiger partial charge in [0, 0.05) is 0 Å². The van der Waals surface area contributed by atoms with E-state index in [0.717, 1.165) is 51.5 Å². The zero-order valence-corrected chi connectivity index (χ0v) is 12.9. The number of ketones is 1. The van der Waals surface area contributed by atoms with E-state index in [1.807, 2.05) is 12.1 Å². The molecule has 22 heavy (non-hydrogen) atoms. The number of hydrogen-bond acceptors (Lipinski definition) is 3. The molecule has 2 atom stereocenters. The molecule has 4 heteroatoms. The topological polar surface area (TPSA) is 58.2 Å². The summed E-state index contributed by atoms with van der Waals surface area (Å²) in [6.45, 7) is 0.829. The van der Waals surface area contributed by atoms with Gasteiger partial charge in [-0.15, -0.1) is 0 Å². The maximum atomic E-state index is 12.4. The molecule has 1 aliphatic carbocycles. The molecule has 1 fully saturated rings. The maximum absolute atomic E-state index is 12.4. The van der Waals surface area contributed by atoms with Crippen LogP contribution in [-0.4, -0.2) is 24.3 Å². The molecule has 1 aromatic carbocycles. The molecule has 2 aliphatic rings. The van der Waals surface area contributed by atoms with Crippen LogP contribution in [0.1, 0.15) is 55.7 Å². The van der Waals surface area contributed by atoms with Gasteiger partial charge in [0.25, 0.3) is 5.91 Å². The van der Waals surface area contributed by atoms with Crippen LogP contribution in [-0.2, 0) is 16.0 Å². The van der Waals surface area contributed by atoms with E-state index in [0.29, 0.717) is 0 Å². The number of Topliss-reactive ketones (excluding diaryl/α,β-unsaturated/α-hetero) is 1. The van der Waals surface area contributed by atoms with Crippen molar-refractivity contribution in [3.05, 3.63) is 35.4 Å². The highest BCUT2D eigenvalue weighted by Crippen LogP contribution is 2.29. The second-order valence-corrected chi connectivity index (χ2v) is 6.34. The SMILES string of the molecule is O=C(NC1CCCc2ccccc21)C(=O)C1CCCCCN1. The zero-order valence-electron chi connectivity index (χ0n) is 12.9. The summed E-state index contributed by atoms with van der Waals surface area (Å²) in [5.74, 6) is -0.731. The van der Waals surface area contributed by atoms with Crippen molar-refractivity contribution in [1.82, 2.24) is 10.6 Å². The maximum Gasteiger partial charge on any atom is 0.289 e. The summed E-state index contributed by atoms with van der Waals surface area (Å²) in [5.41, 5.74) is 2.46. The van der Waals surface area contributed by atoms with Crippen LogP contribution in [0.25, 0.3) is 0 Å². The summed E-state index contributed by atoms with van der Waals surface area (Å²) in [7, 11) is 0. The number of fused-ring (bicyclic) bond motifs is 1. The van der Waals surface area contributed by atoms with Gasteiger partial charge in [-0.25, -0.2) is 0 Å². The van der Waals surface area contributed by atoms with Crippen LogP contribution in [0.15, 0.2) is 24.3 Å². The average molecular weight is 300 g/mol. The Morgan fingerprint density at radius 1 is 1.05 bits per heavy atom. The van der Waals surface area contributed by atoms with E-state index >= 15 is 0 Å². The largest absolute Gasteiger partial charge is 0.343 e. The minimum atomic E-state index is -0.430. The third kappa shape index (κ3) is 3.38. The summed E-state index contributed by atoms with van der Waals surface area (Å²) in [6, 6.07) is 7.88. The van der Waals surface area contributed by atoms with E-state index in [9.17, 15) is 9.59 Å². The van der Waals surface area contributed by atoms with Crippen molar-refractivity contribution in [2.45, 2.75) is 57.0 Å². The summed E-state index contributed by atoms with van der Waals surface area (Å²) in [6.07, 6.45) is 7.03. The first-order valence-corrected chi connectivity index (χ1v) is 8.41. The Labute approximate surface area is 131 Å². The number of hydrogen-bond donors (Lipinski definition) is 2. The van der Waals surface area contributed by atoms with Crippen LogP contribution < -0.4 is 10.6 Å². The highest BCUT2D eigenvalue weighted by molar-refractivity contribution is 6.38. The van der Waals surface area contributed by atoms with E-state index in [2.05, 4.69) is 22.8 Å². The van der Waals surface area contributed by atoms with Crippen molar-refractivity contribution in [3.8, 4) is 0 Å². The summed E-state index contributed by atoms with van der Waals surface area (Å²) >= 11 is 0. The minimum Gasteiger partial charge on any atom is -0.343 e. The number of aryl methyl sites for hydroxylation is 1. The van der Waals surface area contributed by atoms with Gasteiger partial charge in [-0.05, 0) is 49.8 Å². The number of nitrogens with one attached hydrogen (secondary N) is 2. The van der Waals surface area contributed by atoms with Gasteiger partial charge in [-0.1, -0.05) is 37.1 Å². The molecule has 0 bridgehead atoms. The average Bonchev–Trinajstić information content (AvgIpc) is 2.83. The van der Waals surface area contributed by atoms with Crippen LogP contribution in [0.3, 0.4) is 0 Å². The van der Waals surface area contributed by atoms with Crippen LogP contribution in [0.2, 0.25) is 0 Å². The summed E-state index contributed by atoms with van der Waals surface area (Å²) < 4.78 is 0. The van der Waals surface area contributed by atoms with Crippen molar-refractivity contribution in [2.75, 3.05) is 6.54 Å². The van der Waals surface area contributed by atoms with E-state index in [-0.39, 0.29) is 17.9 Å². The first kappa shape index (κ1) is 15.2. The Balaban J connectivity index is 1.65. The van der Waals surface area contributed by atoms with Gasteiger partial charge in [0.1, 0.15) is 0 Å². The second kappa shape index (κ2) is 7.05. The first-order chi connectivity index (χ1) is 10.8. The first-order valence-electron chi connectivity index (χ1n) is 8.41. The van der Waals surface area contributed by atoms with Gasteiger partial charge in [-0.2, -0.15) is 0 Å². The molecule has 0 spiro atoms. The molecular weight excluding hydrogens is 276 g/mol. The van der Waals surface area contributed by atoms with E-state index in [1.165, 1.54) is 11.1 Å². The van der Waals surface area contributed by atoms with Crippen LogP contribution in [0, 0.1) is 0 Å². The van der Waals surface area contributed by atoms with Crippen LogP contribution >= 0.6 is 0 Å². The second-order valence-electron chi connectivity index (χ2n) is 6.34. The van der Waals surface area contributed by atoms with Crippen molar-refractivity contribution in [2.24, 2.45) is 0 Å². The standard InChI is InChI=1S/C18H24N2O2/c21-17(16-10-2-1-5-12-19-16)18(22)20-15-11-6-8-13-7-3-4-9-14(13)15/h3-4,7,9,15-16,19H,1-2,5-6,8,10-12H2,(H,20,22). The van der Waals surface area contributed by atoms with Gasteiger partial charge < -0.3 is 10.6 Å². The normalized spacial score (nSPS) is 24.9. The highest BCUT2D eigenvalue weighted by atomic mass is 16.2. The Bertz CT molecular complexity index is 548. The zero-order chi connectivity index (χ0) is 15.4. The predicted octanol–water partition coefficient (Wildman–Crippen LogP) is 2.28. The number of carbonyl (C=O) groups excluding carboxylic acids is 2. The highest BCUT2D eigenvalue weighted by Gasteiger charge is 2.29. The molecule has 0 saturated carbocycles. The van der Waals surface area contributed by atoms with Crippen molar-refractivity contribution < 1.29 is 9.59 Å². The van der Waals surface area contributed by atoms with Crippen LogP contribution in [0.5, 0.6) is 0 Å². The molecule has 0 radical (unpaired) electrons. The van der Waals surface area contributed by atoms with Crippen LogP contribution in [0.4, 0.5) is 0 Å². The van der Waals surface area contributed by atoms with E-state index < -0.39 is 5.91 Å². The number of benzene rings is 1. The van der Waals surface area contributed by atoms with Crippen molar-refractivity contribution in [3.63, 3.8) is 0 Å². The molecule has 1 amide bonds. The third-order valence-electron chi connectivity index (χ3n) is 4.78. The molecule has 2 N–H and O–H groups in total. The minimum absolute atomic E-state index is 0.0211. The molecule has 0 aromatic heterocycles. The Hall–Kier alpha value is -1.68. The third-order valence-corrected chi connectivity index (χ3v) is 4.78. The lowest BCUT2D eigenvalue weighted by Crippen LogP contribution is -2.46. The molecule has 4 nitrogen and oxygen atoms in total. The number of amides is 1. The lowest BCUT2D eigenvalue weighted by Gasteiger charge is -2.26. The fraction of sp³-hybridized carbons (Fsp3) is 0.556. The molecule has 1 aliphatic heterocycles. The van der Waals surface area contributed by atoms with Gasteiger partial charge in [-0.3, -0.25) is 9.59 Å². The quantitative estimate of drug-likeness (QED) is 0.842. The lowest BCUT2D eigenvalue weighted by molar-refractivity contribution is -0.139. The fourth-order valence-electron chi connectivity index (χ4n) is 3.54. The molecule has 1 aromatic rings. The van der Waals surface area contributed by atoms with Gasteiger partial charge >= 0.3 is 0 Å².